The Bertz CT molecular complexity index is 445. The number of rotatable bonds is 3. The van der Waals surface area contributed by atoms with Gasteiger partial charge in [0, 0.05) is 12.4 Å². The van der Waals surface area contributed by atoms with E-state index < -0.39 is 5.41 Å². The fraction of sp³-hybridized carbons (Fsp3) is 0.462. The average molecular weight is 229 g/mol. The first-order valence-corrected chi connectivity index (χ1v) is 5.80. The first-order valence-electron chi connectivity index (χ1n) is 5.80. The molecule has 0 radical (unpaired) electrons. The van der Waals surface area contributed by atoms with Crippen LogP contribution < -0.4 is 5.32 Å². The Balaban J connectivity index is 2.03. The Morgan fingerprint density at radius 1 is 1.53 bits per heavy atom. The van der Waals surface area contributed by atoms with Gasteiger partial charge in [-0.3, -0.25) is 9.78 Å². The Kier molecular flexibility index (Phi) is 3.10. The van der Waals surface area contributed by atoms with Crippen molar-refractivity contribution >= 4 is 5.91 Å². The molecule has 88 valence electrons. The molecule has 1 N–H and O–H groups in total. The van der Waals surface area contributed by atoms with Crippen molar-refractivity contribution in [1.82, 2.24) is 10.3 Å². The van der Waals surface area contributed by atoms with Crippen molar-refractivity contribution < 1.29 is 4.79 Å². The van der Waals surface area contributed by atoms with Crippen molar-refractivity contribution in [2.45, 2.75) is 32.2 Å². The van der Waals surface area contributed by atoms with Crippen LogP contribution in [0.4, 0.5) is 0 Å². The second-order valence-electron chi connectivity index (χ2n) is 4.52. The summed E-state index contributed by atoms with van der Waals surface area (Å²) in [5.41, 5.74) is 0.224. The topological polar surface area (TPSA) is 65.8 Å². The van der Waals surface area contributed by atoms with E-state index >= 15 is 0 Å². The quantitative estimate of drug-likeness (QED) is 0.861. The molecule has 1 aromatic heterocycles. The molecule has 0 aromatic carbocycles. The zero-order chi connectivity index (χ0) is 12.3. The predicted molar refractivity (Wildman–Crippen MR) is 62.7 cm³/mol. The van der Waals surface area contributed by atoms with Crippen LogP contribution in [0.3, 0.4) is 0 Å². The third kappa shape index (κ3) is 2.14. The summed E-state index contributed by atoms with van der Waals surface area (Å²) in [6.07, 6.45) is 5.71. The van der Waals surface area contributed by atoms with Crippen molar-refractivity contribution in [2.75, 3.05) is 0 Å². The van der Waals surface area contributed by atoms with Gasteiger partial charge < -0.3 is 5.32 Å². The summed E-state index contributed by atoms with van der Waals surface area (Å²) in [5.74, 6) is -0.143. The molecule has 0 bridgehead atoms. The second-order valence-corrected chi connectivity index (χ2v) is 4.52. The normalized spacial score (nSPS) is 18.6. The van der Waals surface area contributed by atoms with E-state index in [1.54, 1.807) is 12.4 Å². The van der Waals surface area contributed by atoms with Gasteiger partial charge in [0.2, 0.25) is 5.91 Å². The fourth-order valence-electron chi connectivity index (χ4n) is 1.99. The lowest BCUT2D eigenvalue weighted by atomic mass is 9.69. The number of amides is 1. The van der Waals surface area contributed by atoms with E-state index in [0.29, 0.717) is 12.8 Å². The molecule has 17 heavy (non-hydrogen) atoms. The van der Waals surface area contributed by atoms with E-state index in [9.17, 15) is 4.79 Å². The number of nitriles is 1. The molecule has 4 heteroatoms. The summed E-state index contributed by atoms with van der Waals surface area (Å²) >= 11 is 0. The fourth-order valence-corrected chi connectivity index (χ4v) is 1.99. The van der Waals surface area contributed by atoms with Crippen LogP contribution in [0, 0.1) is 16.7 Å². The number of aromatic nitrogens is 1. The molecule has 1 aliphatic rings. The third-order valence-electron chi connectivity index (χ3n) is 3.41. The third-order valence-corrected chi connectivity index (χ3v) is 3.41. The largest absolute Gasteiger partial charge is 0.348 e. The van der Waals surface area contributed by atoms with Crippen molar-refractivity contribution in [3.05, 3.63) is 30.1 Å². The molecular weight excluding hydrogens is 214 g/mol. The first-order chi connectivity index (χ1) is 8.18. The van der Waals surface area contributed by atoms with Gasteiger partial charge in [-0.15, -0.1) is 0 Å². The van der Waals surface area contributed by atoms with Crippen LogP contribution in [0.25, 0.3) is 0 Å². The van der Waals surface area contributed by atoms with Gasteiger partial charge in [-0.05, 0) is 43.9 Å². The van der Waals surface area contributed by atoms with E-state index in [4.69, 9.17) is 5.26 Å². The molecule has 0 aliphatic heterocycles. The van der Waals surface area contributed by atoms with Crippen molar-refractivity contribution in [3.63, 3.8) is 0 Å². The van der Waals surface area contributed by atoms with Crippen molar-refractivity contribution in [3.8, 4) is 6.07 Å². The highest BCUT2D eigenvalue weighted by molar-refractivity contribution is 5.86. The zero-order valence-corrected chi connectivity index (χ0v) is 9.81. The monoisotopic (exact) mass is 229 g/mol. The molecule has 1 fully saturated rings. The minimum atomic E-state index is -0.776. The molecule has 2 rings (SSSR count). The van der Waals surface area contributed by atoms with Crippen LogP contribution in [-0.2, 0) is 4.79 Å². The van der Waals surface area contributed by atoms with Gasteiger partial charge in [-0.1, -0.05) is 0 Å². The minimum Gasteiger partial charge on any atom is -0.348 e. The molecule has 1 aliphatic carbocycles. The van der Waals surface area contributed by atoms with E-state index in [1.807, 2.05) is 19.1 Å². The molecule has 4 nitrogen and oxygen atoms in total. The number of pyridine rings is 1. The van der Waals surface area contributed by atoms with Gasteiger partial charge >= 0.3 is 0 Å². The average Bonchev–Trinajstić information content (AvgIpc) is 2.29. The zero-order valence-electron chi connectivity index (χ0n) is 9.81. The van der Waals surface area contributed by atoms with Crippen LogP contribution in [0.2, 0.25) is 0 Å². The highest BCUT2D eigenvalue weighted by Gasteiger charge is 2.44. The van der Waals surface area contributed by atoms with E-state index in [2.05, 4.69) is 16.4 Å². The van der Waals surface area contributed by atoms with Gasteiger partial charge in [-0.2, -0.15) is 5.26 Å². The number of carbonyl (C=O) groups is 1. The van der Waals surface area contributed by atoms with E-state index in [-0.39, 0.29) is 11.9 Å². The summed E-state index contributed by atoms with van der Waals surface area (Å²) in [6, 6.07) is 5.79. The summed E-state index contributed by atoms with van der Waals surface area (Å²) in [7, 11) is 0. The Labute approximate surface area is 101 Å². The standard InChI is InChI=1S/C13H15N3O/c1-10(11-3-7-15-8-4-11)16-12(17)13(9-14)5-2-6-13/h3-4,7-8,10H,2,5-6H2,1H3,(H,16,17). The highest BCUT2D eigenvalue weighted by atomic mass is 16.2. The predicted octanol–water partition coefficient (Wildman–Crippen LogP) is 1.95. The maximum absolute atomic E-state index is 12.0. The highest BCUT2D eigenvalue weighted by Crippen LogP contribution is 2.40. The lowest BCUT2D eigenvalue weighted by molar-refractivity contribution is -0.132. The summed E-state index contributed by atoms with van der Waals surface area (Å²) < 4.78 is 0. The number of carbonyl (C=O) groups excluding carboxylic acids is 1. The van der Waals surface area contributed by atoms with Crippen LogP contribution in [-0.4, -0.2) is 10.9 Å². The summed E-state index contributed by atoms with van der Waals surface area (Å²) in [5, 5.41) is 12.0. The van der Waals surface area contributed by atoms with Gasteiger partial charge in [0.15, 0.2) is 0 Å². The Hall–Kier alpha value is -1.89. The molecule has 1 amide bonds. The minimum absolute atomic E-state index is 0.0867. The molecule has 1 saturated carbocycles. The maximum atomic E-state index is 12.0. The SMILES string of the molecule is CC(NC(=O)C1(C#N)CCC1)c1ccncc1. The maximum Gasteiger partial charge on any atom is 0.240 e. The lowest BCUT2D eigenvalue weighted by Crippen LogP contribution is -2.45. The van der Waals surface area contributed by atoms with Crippen LogP contribution in [0.15, 0.2) is 24.5 Å². The smallest absolute Gasteiger partial charge is 0.240 e. The molecule has 0 spiro atoms. The number of nitrogens with one attached hydrogen (secondary N) is 1. The Morgan fingerprint density at radius 2 is 2.18 bits per heavy atom. The summed E-state index contributed by atoms with van der Waals surface area (Å²) in [4.78, 5) is 15.9. The molecule has 1 aromatic rings. The van der Waals surface area contributed by atoms with Crippen LogP contribution >= 0.6 is 0 Å². The Morgan fingerprint density at radius 3 is 2.65 bits per heavy atom. The van der Waals surface area contributed by atoms with Gasteiger partial charge in [0.1, 0.15) is 5.41 Å². The van der Waals surface area contributed by atoms with Gasteiger partial charge in [-0.25, -0.2) is 0 Å². The van der Waals surface area contributed by atoms with Gasteiger partial charge in [0.25, 0.3) is 0 Å². The van der Waals surface area contributed by atoms with Crippen molar-refractivity contribution in [1.29, 1.82) is 5.26 Å². The van der Waals surface area contributed by atoms with Crippen LogP contribution in [0.5, 0.6) is 0 Å². The van der Waals surface area contributed by atoms with Crippen molar-refractivity contribution in [2.24, 2.45) is 5.41 Å². The number of nitrogens with zero attached hydrogens (tertiary/aromatic N) is 2. The van der Waals surface area contributed by atoms with Crippen LogP contribution in [0.1, 0.15) is 37.8 Å². The molecule has 0 saturated heterocycles. The van der Waals surface area contributed by atoms with Gasteiger partial charge in [0.05, 0.1) is 12.1 Å². The van der Waals surface area contributed by atoms with E-state index in [0.717, 1.165) is 12.0 Å². The summed E-state index contributed by atoms with van der Waals surface area (Å²) in [6.45, 7) is 1.91. The first kappa shape index (κ1) is 11.6. The molecule has 1 unspecified atom stereocenters. The molecule has 1 heterocycles. The lowest BCUT2D eigenvalue weighted by Gasteiger charge is -2.34. The second kappa shape index (κ2) is 4.54. The molecular formula is C13H15N3O. The number of hydrogen-bond acceptors (Lipinski definition) is 3. The molecule has 1 atom stereocenters. The van der Waals surface area contributed by atoms with E-state index in [1.165, 1.54) is 0 Å². The number of hydrogen-bond donors (Lipinski definition) is 1.